The highest BCUT2D eigenvalue weighted by atomic mass is 15.0. The number of aliphatic imine (C=N–C) groups is 1. The average molecular weight is 309 g/mol. The number of nitrogens with one attached hydrogen (secondary N) is 1. The Bertz CT molecular complexity index is 683. The van der Waals surface area contributed by atoms with E-state index in [1.54, 1.807) is 0 Å². The summed E-state index contributed by atoms with van der Waals surface area (Å²) in [4.78, 5) is 13.6. The summed E-state index contributed by atoms with van der Waals surface area (Å²) in [6.07, 6.45) is 14.4. The molecular weight excluding hydrogens is 286 g/mol. The van der Waals surface area contributed by atoms with Gasteiger partial charge >= 0.3 is 0 Å². The topological polar surface area (TPSA) is 76.2 Å². The van der Waals surface area contributed by atoms with E-state index >= 15 is 0 Å². The Hall–Kier alpha value is -2.17. The predicted molar refractivity (Wildman–Crippen MR) is 92.7 cm³/mol. The molecule has 0 radical (unpaired) electrons. The molecule has 3 aliphatic rings. The number of fused-ring (bicyclic) bond motifs is 1. The minimum Gasteiger partial charge on any atom is -0.368 e. The zero-order valence-electron chi connectivity index (χ0n) is 13.3. The van der Waals surface area contributed by atoms with Crippen LogP contribution in [0.1, 0.15) is 62.3 Å². The largest absolute Gasteiger partial charge is 0.368 e. The van der Waals surface area contributed by atoms with Crippen molar-refractivity contribution >= 4 is 17.4 Å². The zero-order chi connectivity index (χ0) is 15.6. The van der Waals surface area contributed by atoms with Crippen molar-refractivity contribution in [1.29, 1.82) is 0 Å². The molecule has 0 amide bonds. The van der Waals surface area contributed by atoms with Crippen LogP contribution in [0, 0.1) is 5.92 Å². The Morgan fingerprint density at radius 2 is 1.96 bits per heavy atom. The molecule has 2 aliphatic heterocycles. The lowest BCUT2D eigenvalue weighted by Gasteiger charge is -2.26. The lowest BCUT2D eigenvalue weighted by molar-refractivity contribution is 0.436. The molecular formula is C18H23N5. The third kappa shape index (κ3) is 3.00. The van der Waals surface area contributed by atoms with Gasteiger partial charge in [0.25, 0.3) is 0 Å². The summed E-state index contributed by atoms with van der Waals surface area (Å²) in [6, 6.07) is 2.14. The lowest BCUT2D eigenvalue weighted by atomic mass is 9.85. The first-order chi connectivity index (χ1) is 11.3. The summed E-state index contributed by atoms with van der Waals surface area (Å²) < 4.78 is 0. The fraction of sp³-hybridized carbons (Fsp3) is 0.500. The van der Waals surface area contributed by atoms with E-state index in [2.05, 4.69) is 32.4 Å². The maximum Gasteiger partial charge on any atom is 0.220 e. The molecule has 1 aromatic heterocycles. The van der Waals surface area contributed by atoms with Crippen molar-refractivity contribution in [2.75, 3.05) is 5.73 Å². The Kier molecular flexibility index (Phi) is 3.85. The molecule has 1 atom stereocenters. The summed E-state index contributed by atoms with van der Waals surface area (Å²) in [5, 5.41) is 3.23. The maximum absolute atomic E-state index is 6.00. The average Bonchev–Trinajstić information content (AvgIpc) is 2.61. The Labute approximate surface area is 136 Å². The van der Waals surface area contributed by atoms with Crippen LogP contribution in [0.25, 0.3) is 5.57 Å². The second-order valence-electron chi connectivity index (χ2n) is 6.72. The van der Waals surface area contributed by atoms with Crippen molar-refractivity contribution in [1.82, 2.24) is 15.3 Å². The van der Waals surface area contributed by atoms with E-state index in [0.29, 0.717) is 17.8 Å². The van der Waals surface area contributed by atoms with Gasteiger partial charge in [0.2, 0.25) is 5.95 Å². The number of anilines is 1. The van der Waals surface area contributed by atoms with Gasteiger partial charge in [0, 0.05) is 23.7 Å². The monoisotopic (exact) mass is 309 g/mol. The molecule has 4 rings (SSSR count). The van der Waals surface area contributed by atoms with Crippen LogP contribution in [0.3, 0.4) is 0 Å². The highest BCUT2D eigenvalue weighted by Crippen LogP contribution is 2.34. The van der Waals surface area contributed by atoms with Crippen LogP contribution < -0.4 is 11.1 Å². The van der Waals surface area contributed by atoms with Gasteiger partial charge < -0.3 is 11.1 Å². The minimum absolute atomic E-state index is 0.389. The molecule has 1 unspecified atom stereocenters. The molecule has 0 spiro atoms. The molecule has 0 saturated heterocycles. The second kappa shape index (κ2) is 6.14. The molecule has 0 aromatic carbocycles. The smallest absolute Gasteiger partial charge is 0.220 e. The molecule has 3 heterocycles. The fourth-order valence-corrected chi connectivity index (χ4v) is 3.82. The first kappa shape index (κ1) is 14.4. The second-order valence-corrected chi connectivity index (χ2v) is 6.72. The first-order valence-corrected chi connectivity index (χ1v) is 8.63. The van der Waals surface area contributed by atoms with Gasteiger partial charge in [-0.15, -0.1) is 0 Å². The number of nitrogens with two attached hydrogens (primary N) is 1. The number of allylic oxidation sites excluding steroid dienone is 2. The molecule has 3 N–H and O–H groups in total. The summed E-state index contributed by atoms with van der Waals surface area (Å²) in [7, 11) is 0. The van der Waals surface area contributed by atoms with E-state index in [0.717, 1.165) is 30.1 Å². The molecule has 1 saturated carbocycles. The van der Waals surface area contributed by atoms with Gasteiger partial charge in [-0.1, -0.05) is 25.3 Å². The SMILES string of the molecule is Nc1nc(C2=CN=C3NC=CCC3C2)cc(C2CCCCC2)n1. The summed E-state index contributed by atoms with van der Waals surface area (Å²) >= 11 is 0. The van der Waals surface area contributed by atoms with Crippen LogP contribution in [0.4, 0.5) is 5.95 Å². The summed E-state index contributed by atoms with van der Waals surface area (Å²) in [6.45, 7) is 0. The van der Waals surface area contributed by atoms with Gasteiger partial charge in [-0.2, -0.15) is 0 Å². The normalized spacial score (nSPS) is 24.4. The fourth-order valence-electron chi connectivity index (χ4n) is 3.82. The molecule has 1 fully saturated rings. The van der Waals surface area contributed by atoms with Crippen molar-refractivity contribution < 1.29 is 0 Å². The van der Waals surface area contributed by atoms with Crippen molar-refractivity contribution in [3.05, 3.63) is 35.9 Å². The van der Waals surface area contributed by atoms with Crippen LogP contribution >= 0.6 is 0 Å². The highest BCUT2D eigenvalue weighted by molar-refractivity contribution is 5.91. The molecule has 5 heteroatoms. The zero-order valence-corrected chi connectivity index (χ0v) is 13.3. The Morgan fingerprint density at radius 1 is 1.09 bits per heavy atom. The first-order valence-electron chi connectivity index (χ1n) is 8.63. The number of rotatable bonds is 2. The van der Waals surface area contributed by atoms with Crippen molar-refractivity contribution in [2.45, 2.75) is 50.9 Å². The molecule has 120 valence electrons. The van der Waals surface area contributed by atoms with Crippen molar-refractivity contribution in [3.8, 4) is 0 Å². The van der Waals surface area contributed by atoms with Crippen LogP contribution in [0.5, 0.6) is 0 Å². The number of amidine groups is 1. The molecule has 0 bridgehead atoms. The highest BCUT2D eigenvalue weighted by Gasteiger charge is 2.24. The van der Waals surface area contributed by atoms with Crippen molar-refractivity contribution in [3.63, 3.8) is 0 Å². The van der Waals surface area contributed by atoms with Gasteiger partial charge in [-0.05, 0) is 43.5 Å². The Balaban J connectivity index is 1.63. The predicted octanol–water partition coefficient (Wildman–Crippen LogP) is 3.37. The van der Waals surface area contributed by atoms with Crippen LogP contribution in [-0.4, -0.2) is 15.8 Å². The maximum atomic E-state index is 6.00. The van der Waals surface area contributed by atoms with Gasteiger partial charge in [0.05, 0.1) is 5.69 Å². The molecule has 1 aromatic rings. The third-order valence-corrected chi connectivity index (χ3v) is 5.10. The molecule has 23 heavy (non-hydrogen) atoms. The number of nitrogens with zero attached hydrogens (tertiary/aromatic N) is 3. The van der Waals surface area contributed by atoms with Crippen LogP contribution in [0.15, 0.2) is 29.5 Å². The van der Waals surface area contributed by atoms with Gasteiger partial charge in [-0.3, -0.25) is 0 Å². The molecule has 5 nitrogen and oxygen atoms in total. The lowest BCUT2D eigenvalue weighted by Crippen LogP contribution is -2.31. The van der Waals surface area contributed by atoms with Crippen LogP contribution in [-0.2, 0) is 0 Å². The van der Waals surface area contributed by atoms with Crippen molar-refractivity contribution in [2.24, 2.45) is 10.9 Å². The summed E-state index contributed by atoms with van der Waals surface area (Å²) in [5.74, 6) is 2.41. The van der Waals surface area contributed by atoms with E-state index in [4.69, 9.17) is 5.73 Å². The Morgan fingerprint density at radius 3 is 2.83 bits per heavy atom. The minimum atomic E-state index is 0.389. The van der Waals surface area contributed by atoms with E-state index < -0.39 is 0 Å². The van der Waals surface area contributed by atoms with Gasteiger partial charge in [0.1, 0.15) is 5.84 Å². The number of hydrogen-bond acceptors (Lipinski definition) is 5. The number of aromatic nitrogens is 2. The van der Waals surface area contributed by atoms with Crippen LogP contribution in [0.2, 0.25) is 0 Å². The van der Waals surface area contributed by atoms with E-state index in [1.165, 1.54) is 37.7 Å². The van der Waals surface area contributed by atoms with E-state index in [1.807, 2.05) is 12.4 Å². The van der Waals surface area contributed by atoms with Gasteiger partial charge in [-0.25, -0.2) is 15.0 Å². The quantitative estimate of drug-likeness (QED) is 0.878. The molecule has 1 aliphatic carbocycles. The van der Waals surface area contributed by atoms with E-state index in [9.17, 15) is 0 Å². The third-order valence-electron chi connectivity index (χ3n) is 5.10. The number of hydrogen-bond donors (Lipinski definition) is 2. The standard InChI is InChI=1S/C18H23N5/c19-18-22-15(12-5-2-1-3-6-12)10-16(23-18)14-9-13-7-4-8-20-17(13)21-11-14/h4,8,10-13H,1-3,5-7,9H2,(H,20,21)(H2,19,22,23). The van der Waals surface area contributed by atoms with E-state index in [-0.39, 0.29) is 0 Å². The number of nitrogen functional groups attached to an aromatic ring is 1. The van der Waals surface area contributed by atoms with Gasteiger partial charge in [0.15, 0.2) is 0 Å². The summed E-state index contributed by atoms with van der Waals surface area (Å²) in [5.41, 5.74) is 9.23.